The monoisotopic (exact) mass is 381 g/mol. The van der Waals surface area contributed by atoms with Gasteiger partial charge in [-0.25, -0.2) is 4.79 Å². The summed E-state index contributed by atoms with van der Waals surface area (Å²) in [7, 11) is 0. The van der Waals surface area contributed by atoms with Crippen LogP contribution in [0.5, 0.6) is 5.75 Å². The summed E-state index contributed by atoms with van der Waals surface area (Å²) >= 11 is 11.8. The minimum atomic E-state index is -1.35. The maximum Gasteiger partial charge on any atom is 0.347 e. The van der Waals surface area contributed by atoms with E-state index in [1.165, 1.54) is 13.8 Å². The summed E-state index contributed by atoms with van der Waals surface area (Å²) in [5, 5.41) is 12.7. The van der Waals surface area contributed by atoms with Crippen molar-refractivity contribution >= 4 is 35.1 Å². The van der Waals surface area contributed by atoms with Gasteiger partial charge in [0.25, 0.3) is 5.91 Å². The number of rotatable bonds is 6. The Morgan fingerprint density at radius 1 is 1.08 bits per heavy atom. The molecule has 0 aliphatic heterocycles. The molecule has 2 aromatic carbocycles. The molecule has 2 rings (SSSR count). The topological polar surface area (TPSA) is 75.6 Å². The first kappa shape index (κ1) is 19.1. The van der Waals surface area contributed by atoms with Gasteiger partial charge in [-0.2, -0.15) is 0 Å². The predicted octanol–water partition coefficient (Wildman–Crippen LogP) is 4.17. The molecular weight excluding hydrogens is 365 g/mol. The van der Waals surface area contributed by atoms with Crippen LogP contribution in [0.2, 0.25) is 10.0 Å². The fourth-order valence-corrected chi connectivity index (χ4v) is 2.27. The van der Waals surface area contributed by atoms with Gasteiger partial charge in [-0.3, -0.25) is 4.79 Å². The third kappa shape index (κ3) is 5.11. The molecule has 5 nitrogen and oxygen atoms in total. The third-order valence-corrected chi connectivity index (χ3v) is 4.18. The van der Waals surface area contributed by atoms with Crippen LogP contribution in [0.15, 0.2) is 42.5 Å². The minimum absolute atomic E-state index is 0.268. The zero-order valence-corrected chi connectivity index (χ0v) is 15.2. The van der Waals surface area contributed by atoms with Gasteiger partial charge in [0.15, 0.2) is 5.60 Å². The number of ether oxygens (including phenoxy) is 1. The summed E-state index contributed by atoms with van der Waals surface area (Å²) in [5.74, 6) is -0.973. The number of hydrogen-bond acceptors (Lipinski definition) is 3. The van der Waals surface area contributed by atoms with E-state index >= 15 is 0 Å². The van der Waals surface area contributed by atoms with E-state index in [1.54, 1.807) is 42.5 Å². The molecule has 7 heteroatoms. The van der Waals surface area contributed by atoms with Crippen molar-refractivity contribution in [2.24, 2.45) is 0 Å². The number of halogens is 2. The summed E-state index contributed by atoms with van der Waals surface area (Å²) < 4.78 is 5.39. The van der Waals surface area contributed by atoms with Crippen molar-refractivity contribution < 1.29 is 19.4 Å². The van der Waals surface area contributed by atoms with E-state index in [0.717, 1.165) is 5.56 Å². The van der Waals surface area contributed by atoms with E-state index in [9.17, 15) is 9.59 Å². The summed E-state index contributed by atoms with van der Waals surface area (Å²) in [6.45, 7) is 3.21. The fraction of sp³-hybridized carbons (Fsp3) is 0.222. The first-order chi connectivity index (χ1) is 11.7. The third-order valence-electron chi connectivity index (χ3n) is 3.44. The lowest BCUT2D eigenvalue weighted by atomic mass is 10.1. The molecule has 0 aliphatic carbocycles. The van der Waals surface area contributed by atoms with Gasteiger partial charge in [-0.1, -0.05) is 29.3 Å². The Kier molecular flexibility index (Phi) is 5.93. The van der Waals surface area contributed by atoms with Gasteiger partial charge in [0.05, 0.1) is 10.0 Å². The Balaban J connectivity index is 1.98. The molecule has 0 spiro atoms. The van der Waals surface area contributed by atoms with Crippen LogP contribution < -0.4 is 10.1 Å². The first-order valence-corrected chi connectivity index (χ1v) is 8.19. The summed E-state index contributed by atoms with van der Waals surface area (Å²) in [5.41, 5.74) is -0.0936. The van der Waals surface area contributed by atoms with E-state index in [2.05, 4.69) is 5.32 Å². The maximum atomic E-state index is 12.2. The zero-order chi connectivity index (χ0) is 18.6. The Morgan fingerprint density at radius 2 is 1.72 bits per heavy atom. The molecule has 0 radical (unpaired) electrons. The molecule has 0 aliphatic rings. The maximum absolute atomic E-state index is 12.2. The van der Waals surface area contributed by atoms with Crippen molar-refractivity contribution in [3.05, 3.63) is 63.6 Å². The highest BCUT2D eigenvalue weighted by atomic mass is 35.5. The molecule has 0 unspecified atom stereocenters. The Bertz CT molecular complexity index is 788. The second kappa shape index (κ2) is 7.76. The highest BCUT2D eigenvalue weighted by molar-refractivity contribution is 6.42. The number of carboxylic acid groups (broad SMARTS) is 1. The van der Waals surface area contributed by atoms with Crippen LogP contribution in [0.4, 0.5) is 0 Å². The Hall–Kier alpha value is -2.24. The minimum Gasteiger partial charge on any atom is -0.478 e. The van der Waals surface area contributed by atoms with Crippen molar-refractivity contribution in [1.82, 2.24) is 5.32 Å². The summed E-state index contributed by atoms with van der Waals surface area (Å²) in [4.78, 5) is 23.2. The number of carbonyl (C=O) groups excluding carboxylic acids is 1. The molecule has 0 atom stereocenters. The van der Waals surface area contributed by atoms with Gasteiger partial charge in [-0.15, -0.1) is 0 Å². The quantitative estimate of drug-likeness (QED) is 0.787. The average molecular weight is 382 g/mol. The number of carbonyl (C=O) groups is 2. The second-order valence-corrected chi connectivity index (χ2v) is 6.69. The average Bonchev–Trinajstić information content (AvgIpc) is 2.56. The molecule has 2 N–H and O–H groups in total. The molecule has 0 saturated heterocycles. The zero-order valence-electron chi connectivity index (χ0n) is 13.7. The normalized spacial score (nSPS) is 11.0. The van der Waals surface area contributed by atoms with Gasteiger partial charge >= 0.3 is 5.97 Å². The van der Waals surface area contributed by atoms with E-state index in [0.29, 0.717) is 27.9 Å². The van der Waals surface area contributed by atoms with Crippen molar-refractivity contribution in [2.45, 2.75) is 26.0 Å². The predicted molar refractivity (Wildman–Crippen MR) is 96.4 cm³/mol. The highest BCUT2D eigenvalue weighted by Crippen LogP contribution is 2.23. The van der Waals surface area contributed by atoms with Gasteiger partial charge in [0.1, 0.15) is 5.75 Å². The number of carboxylic acids is 1. The number of amides is 1. The van der Waals surface area contributed by atoms with E-state index in [-0.39, 0.29) is 5.91 Å². The van der Waals surface area contributed by atoms with Gasteiger partial charge < -0.3 is 15.2 Å². The Labute approximate surface area is 155 Å². The molecule has 132 valence electrons. The smallest absolute Gasteiger partial charge is 0.347 e. The molecule has 0 bridgehead atoms. The van der Waals surface area contributed by atoms with Crippen LogP contribution in [-0.2, 0) is 11.3 Å². The second-order valence-electron chi connectivity index (χ2n) is 5.87. The van der Waals surface area contributed by atoms with Crippen LogP contribution >= 0.6 is 23.2 Å². The number of aliphatic carboxylic acids is 1. The van der Waals surface area contributed by atoms with E-state index in [1.807, 2.05) is 0 Å². The molecule has 1 amide bonds. The van der Waals surface area contributed by atoms with Crippen molar-refractivity contribution in [3.8, 4) is 5.75 Å². The van der Waals surface area contributed by atoms with Crippen LogP contribution in [-0.4, -0.2) is 22.6 Å². The van der Waals surface area contributed by atoms with Crippen LogP contribution in [0.3, 0.4) is 0 Å². The van der Waals surface area contributed by atoms with E-state index < -0.39 is 11.6 Å². The van der Waals surface area contributed by atoms with Crippen molar-refractivity contribution in [3.63, 3.8) is 0 Å². The molecule has 0 heterocycles. The lowest BCUT2D eigenvalue weighted by molar-refractivity contribution is -0.152. The molecule has 2 aromatic rings. The molecule has 25 heavy (non-hydrogen) atoms. The molecular formula is C18H17Cl2NO4. The lowest BCUT2D eigenvalue weighted by Gasteiger charge is -2.21. The molecule has 0 fully saturated rings. The van der Waals surface area contributed by atoms with Crippen molar-refractivity contribution in [2.75, 3.05) is 0 Å². The molecule has 0 saturated carbocycles. The van der Waals surface area contributed by atoms with Gasteiger partial charge in [-0.05, 0) is 55.8 Å². The van der Waals surface area contributed by atoms with Gasteiger partial charge in [0.2, 0.25) is 0 Å². The van der Waals surface area contributed by atoms with Crippen LogP contribution in [0.1, 0.15) is 29.8 Å². The number of hydrogen-bond donors (Lipinski definition) is 2. The Morgan fingerprint density at radius 3 is 2.28 bits per heavy atom. The summed E-state index contributed by atoms with van der Waals surface area (Å²) in [6.07, 6.45) is 0. The first-order valence-electron chi connectivity index (χ1n) is 7.43. The standard InChI is InChI=1S/C18H17Cl2NO4/c1-18(2,17(23)24)25-13-6-4-12(5-7-13)16(22)21-10-11-3-8-14(19)15(20)9-11/h3-9H,10H2,1-2H3,(H,21,22)(H,23,24). The van der Waals surface area contributed by atoms with Crippen LogP contribution in [0.25, 0.3) is 0 Å². The fourth-order valence-electron chi connectivity index (χ4n) is 1.95. The SMILES string of the molecule is CC(C)(Oc1ccc(C(=O)NCc2ccc(Cl)c(Cl)c2)cc1)C(=O)O. The number of nitrogens with one attached hydrogen (secondary N) is 1. The summed E-state index contributed by atoms with van der Waals surface area (Å²) in [6, 6.07) is 11.4. The largest absolute Gasteiger partial charge is 0.478 e. The van der Waals surface area contributed by atoms with Gasteiger partial charge in [0, 0.05) is 12.1 Å². The lowest BCUT2D eigenvalue weighted by Crippen LogP contribution is -2.37. The molecule has 0 aromatic heterocycles. The van der Waals surface area contributed by atoms with Crippen LogP contribution in [0, 0.1) is 0 Å². The van der Waals surface area contributed by atoms with Crippen molar-refractivity contribution in [1.29, 1.82) is 0 Å². The number of benzene rings is 2. The highest BCUT2D eigenvalue weighted by Gasteiger charge is 2.29. The van der Waals surface area contributed by atoms with E-state index in [4.69, 9.17) is 33.0 Å².